The fourth-order valence-electron chi connectivity index (χ4n) is 3.18. The number of aliphatic hydroxyl groups is 1. The summed E-state index contributed by atoms with van der Waals surface area (Å²) in [6.45, 7) is 0.357. The minimum Gasteiger partial charge on any atom is -0.459 e. The highest BCUT2D eigenvalue weighted by atomic mass is 16.3. The van der Waals surface area contributed by atoms with Gasteiger partial charge in [0, 0.05) is 24.5 Å². The molecule has 2 amide bonds. The van der Waals surface area contributed by atoms with Gasteiger partial charge in [0.15, 0.2) is 5.69 Å². The van der Waals surface area contributed by atoms with Crippen LogP contribution in [0.3, 0.4) is 0 Å². The average Bonchev–Trinajstić information content (AvgIpc) is 3.31. The first-order valence-corrected chi connectivity index (χ1v) is 8.58. The SMILES string of the molecule is NC(=O)C1CCCN1C(=O)C(Cc1cnc[nH]1)[NH+]=C(O)c1cc(=O)[nH]c(=O)[nH]1. The Morgan fingerprint density at radius 3 is 2.82 bits per heavy atom. The van der Waals surface area contributed by atoms with Crippen molar-refractivity contribution in [3.63, 3.8) is 0 Å². The lowest BCUT2D eigenvalue weighted by molar-refractivity contribution is -0.496. The topological polar surface area (TPSA) is 192 Å². The molecular weight excluding hydrogens is 370 g/mol. The van der Waals surface area contributed by atoms with Crippen LogP contribution in [-0.4, -0.2) is 66.3 Å². The number of hydrogen-bond donors (Lipinski definition) is 6. The lowest BCUT2D eigenvalue weighted by Gasteiger charge is -2.23. The molecule has 0 spiro atoms. The molecule has 0 aromatic carbocycles. The second-order valence-electron chi connectivity index (χ2n) is 6.42. The van der Waals surface area contributed by atoms with Gasteiger partial charge < -0.3 is 20.7 Å². The highest BCUT2D eigenvalue weighted by Crippen LogP contribution is 2.18. The van der Waals surface area contributed by atoms with Gasteiger partial charge in [-0.1, -0.05) is 0 Å². The van der Waals surface area contributed by atoms with Crippen molar-refractivity contribution in [2.75, 3.05) is 6.54 Å². The summed E-state index contributed by atoms with van der Waals surface area (Å²) in [5, 5.41) is 10.3. The van der Waals surface area contributed by atoms with Crippen molar-refractivity contribution >= 4 is 17.7 Å². The standard InChI is InChI=1S/C16H19N7O5/c17-13(25)11-2-1-3-23(11)15(27)10(4-8-6-18-7-19-8)20-14(26)9-5-12(24)22-16(28)21-9/h5-7,10-11H,1-4H2,(H2,17,25)(H,18,19)(H,20,26)(H2,21,22,24,28)/p+1. The van der Waals surface area contributed by atoms with Crippen LogP contribution in [0.15, 0.2) is 28.2 Å². The van der Waals surface area contributed by atoms with Gasteiger partial charge in [-0.25, -0.2) is 9.78 Å². The second-order valence-corrected chi connectivity index (χ2v) is 6.42. The Bertz CT molecular complexity index is 979. The van der Waals surface area contributed by atoms with E-state index in [2.05, 4.69) is 19.9 Å². The molecule has 0 saturated carbocycles. The fourth-order valence-corrected chi connectivity index (χ4v) is 3.18. The minimum absolute atomic E-state index is 0.109. The third-order valence-corrected chi connectivity index (χ3v) is 4.47. The molecule has 12 nitrogen and oxygen atoms in total. The number of nitrogens with one attached hydrogen (secondary N) is 4. The van der Waals surface area contributed by atoms with Crippen molar-refractivity contribution in [2.45, 2.75) is 31.3 Å². The van der Waals surface area contributed by atoms with Crippen LogP contribution in [0.25, 0.3) is 0 Å². The second kappa shape index (κ2) is 7.90. The molecule has 12 heteroatoms. The normalized spacial score (nSPS) is 18.2. The number of nitrogens with zero attached hydrogens (tertiary/aromatic N) is 2. The molecule has 1 saturated heterocycles. The van der Waals surface area contributed by atoms with Crippen molar-refractivity contribution in [3.05, 3.63) is 50.8 Å². The van der Waals surface area contributed by atoms with E-state index < -0.39 is 41.0 Å². The molecule has 0 aliphatic carbocycles. The van der Waals surface area contributed by atoms with Crippen LogP contribution in [0.4, 0.5) is 0 Å². The first kappa shape index (κ1) is 19.1. The van der Waals surface area contributed by atoms with E-state index in [9.17, 15) is 24.3 Å². The lowest BCUT2D eigenvalue weighted by Crippen LogP contribution is -2.84. The molecule has 3 rings (SSSR count). The van der Waals surface area contributed by atoms with Crippen LogP contribution in [0.2, 0.25) is 0 Å². The summed E-state index contributed by atoms with van der Waals surface area (Å²) in [7, 11) is 0. The van der Waals surface area contributed by atoms with Gasteiger partial charge in [0.25, 0.3) is 11.5 Å². The zero-order chi connectivity index (χ0) is 20.3. The van der Waals surface area contributed by atoms with Gasteiger partial charge in [-0.2, -0.15) is 4.99 Å². The number of carbonyl (C=O) groups excluding carboxylic acids is 2. The van der Waals surface area contributed by atoms with Gasteiger partial charge in [-0.3, -0.25) is 24.4 Å². The summed E-state index contributed by atoms with van der Waals surface area (Å²) in [6.07, 6.45) is 4.17. The number of primary amides is 1. The Balaban J connectivity index is 1.94. The number of H-pyrrole nitrogens is 3. The summed E-state index contributed by atoms with van der Waals surface area (Å²) in [5.74, 6) is -1.61. The number of likely N-dealkylation sites (tertiary alicyclic amines) is 1. The van der Waals surface area contributed by atoms with E-state index in [0.717, 1.165) is 6.07 Å². The van der Waals surface area contributed by atoms with Gasteiger partial charge >= 0.3 is 11.6 Å². The molecule has 1 aliphatic heterocycles. The van der Waals surface area contributed by atoms with E-state index >= 15 is 0 Å². The van der Waals surface area contributed by atoms with Crippen LogP contribution >= 0.6 is 0 Å². The Labute approximate surface area is 157 Å². The molecule has 0 bridgehead atoms. The van der Waals surface area contributed by atoms with Gasteiger partial charge in [0.1, 0.15) is 6.04 Å². The minimum atomic E-state index is -0.997. The number of aromatic amines is 3. The molecule has 148 valence electrons. The Kier molecular flexibility index (Phi) is 5.38. The molecule has 2 atom stereocenters. The summed E-state index contributed by atoms with van der Waals surface area (Å²) in [4.78, 5) is 62.5. The van der Waals surface area contributed by atoms with Gasteiger partial charge in [-0.05, 0) is 12.8 Å². The van der Waals surface area contributed by atoms with E-state index in [4.69, 9.17) is 5.73 Å². The number of hydrogen-bond acceptors (Lipinski definition) is 5. The number of aliphatic hydroxyl groups excluding tert-OH is 1. The zero-order valence-corrected chi connectivity index (χ0v) is 14.8. The summed E-state index contributed by atoms with van der Waals surface area (Å²) < 4.78 is 0. The van der Waals surface area contributed by atoms with E-state index in [1.54, 1.807) is 0 Å². The van der Waals surface area contributed by atoms with Crippen LogP contribution in [0.5, 0.6) is 0 Å². The molecule has 2 aromatic heterocycles. The van der Waals surface area contributed by atoms with Crippen molar-refractivity contribution in [3.8, 4) is 0 Å². The third-order valence-electron chi connectivity index (χ3n) is 4.47. The van der Waals surface area contributed by atoms with Crippen molar-refractivity contribution in [1.29, 1.82) is 0 Å². The lowest BCUT2D eigenvalue weighted by atomic mass is 10.1. The molecule has 2 unspecified atom stereocenters. The molecule has 1 aliphatic rings. The van der Waals surface area contributed by atoms with Gasteiger partial charge in [0.2, 0.25) is 11.9 Å². The zero-order valence-electron chi connectivity index (χ0n) is 14.8. The van der Waals surface area contributed by atoms with Crippen LogP contribution in [0, 0.1) is 0 Å². The molecule has 0 radical (unpaired) electrons. The third kappa shape index (κ3) is 4.16. The number of rotatable bonds is 6. The number of nitrogens with two attached hydrogens (primary N) is 1. The monoisotopic (exact) mass is 390 g/mol. The molecule has 7 N–H and O–H groups in total. The summed E-state index contributed by atoms with van der Waals surface area (Å²) in [5.41, 5.74) is 4.30. The number of aromatic nitrogens is 4. The maximum Gasteiger partial charge on any atom is 0.383 e. The molecule has 3 heterocycles. The van der Waals surface area contributed by atoms with Gasteiger partial charge in [0.05, 0.1) is 12.7 Å². The van der Waals surface area contributed by atoms with Crippen molar-refractivity contribution in [2.24, 2.45) is 5.73 Å². The molecule has 28 heavy (non-hydrogen) atoms. The van der Waals surface area contributed by atoms with Crippen molar-refractivity contribution < 1.29 is 19.7 Å². The smallest absolute Gasteiger partial charge is 0.383 e. The first-order valence-electron chi connectivity index (χ1n) is 8.58. The Hall–Kier alpha value is -3.70. The molecule has 1 fully saturated rings. The average molecular weight is 390 g/mol. The molecular formula is C16H20N7O5+. The van der Waals surface area contributed by atoms with Crippen LogP contribution < -0.4 is 22.0 Å². The first-order chi connectivity index (χ1) is 13.3. The van der Waals surface area contributed by atoms with Crippen LogP contribution in [0.1, 0.15) is 24.2 Å². The van der Waals surface area contributed by atoms with E-state index in [1.807, 2.05) is 4.98 Å². The quantitative estimate of drug-likeness (QED) is 0.217. The predicted molar refractivity (Wildman–Crippen MR) is 95.4 cm³/mol. The predicted octanol–water partition coefficient (Wildman–Crippen LogP) is -3.74. The van der Waals surface area contributed by atoms with Crippen LogP contribution in [-0.2, 0) is 16.0 Å². The largest absolute Gasteiger partial charge is 0.459 e. The maximum atomic E-state index is 13.0. The Morgan fingerprint density at radius 1 is 1.39 bits per heavy atom. The molecule has 2 aromatic rings. The number of imidazole rings is 1. The number of carbonyl (C=O) groups is 2. The van der Waals surface area contributed by atoms with E-state index in [-0.39, 0.29) is 12.1 Å². The van der Waals surface area contributed by atoms with Crippen molar-refractivity contribution in [1.82, 2.24) is 24.8 Å². The number of amides is 2. The van der Waals surface area contributed by atoms with E-state index in [0.29, 0.717) is 25.1 Å². The highest BCUT2D eigenvalue weighted by Gasteiger charge is 2.39. The highest BCUT2D eigenvalue weighted by molar-refractivity contribution is 5.90. The summed E-state index contributed by atoms with van der Waals surface area (Å²) in [6, 6.07) is -0.743. The summed E-state index contributed by atoms with van der Waals surface area (Å²) >= 11 is 0. The maximum absolute atomic E-state index is 13.0. The van der Waals surface area contributed by atoms with Gasteiger partial charge in [-0.15, -0.1) is 0 Å². The Morgan fingerprint density at radius 2 is 2.18 bits per heavy atom. The fraction of sp³-hybridized carbons (Fsp3) is 0.375. The van der Waals surface area contributed by atoms with E-state index in [1.165, 1.54) is 17.4 Å².